The minimum atomic E-state index is -3.88. The lowest BCUT2D eigenvalue weighted by Gasteiger charge is -2.13. The number of hydrogen-bond donors (Lipinski definition) is 2. The van der Waals surface area contributed by atoms with Gasteiger partial charge in [0, 0.05) is 19.2 Å². The van der Waals surface area contributed by atoms with Crippen molar-refractivity contribution in [1.29, 1.82) is 0 Å². The highest BCUT2D eigenvalue weighted by molar-refractivity contribution is 7.89. The summed E-state index contributed by atoms with van der Waals surface area (Å²) in [6, 6.07) is 3.10. The summed E-state index contributed by atoms with van der Waals surface area (Å²) in [5.41, 5.74) is -0.204. The third-order valence-corrected chi connectivity index (χ3v) is 4.22. The van der Waals surface area contributed by atoms with E-state index in [2.05, 4.69) is 16.0 Å². The molecule has 0 saturated carbocycles. The molecule has 0 aliphatic rings. The van der Waals surface area contributed by atoms with Gasteiger partial charge in [-0.25, -0.2) is 13.1 Å². The number of benzene rings is 1. The second kappa shape index (κ2) is 7.74. The molecule has 9 heteroatoms. The van der Waals surface area contributed by atoms with E-state index in [-0.39, 0.29) is 29.4 Å². The first-order valence-electron chi connectivity index (χ1n) is 6.29. The molecule has 0 amide bonds. The van der Waals surface area contributed by atoms with Crippen molar-refractivity contribution in [2.75, 3.05) is 25.6 Å². The maximum absolute atomic E-state index is 12.2. The zero-order valence-electron chi connectivity index (χ0n) is 12.2. The highest BCUT2D eigenvalue weighted by Gasteiger charge is 2.22. The number of anilines is 1. The van der Waals surface area contributed by atoms with E-state index in [1.807, 2.05) is 0 Å². The molecular weight excluding hydrogens is 310 g/mol. The Kier molecular flexibility index (Phi) is 6.30. The lowest BCUT2D eigenvalue weighted by atomic mass is 10.2. The number of nitro benzene ring substituents is 1. The normalized spacial score (nSPS) is 12.4. The number of ether oxygens (including phenoxy) is 1. The van der Waals surface area contributed by atoms with Gasteiger partial charge in [-0.2, -0.15) is 0 Å². The summed E-state index contributed by atoms with van der Waals surface area (Å²) >= 11 is 0. The Balaban J connectivity index is 3.13. The summed E-state index contributed by atoms with van der Waals surface area (Å²) in [6.45, 7) is 1.90. The first-order chi connectivity index (χ1) is 10.3. The Morgan fingerprint density at radius 3 is 2.73 bits per heavy atom. The SMILES string of the molecule is C#CCNc1ccc(S(=O)(=O)N[C@@H](C)COC)cc1[N+](=O)[O-]. The van der Waals surface area contributed by atoms with Crippen LogP contribution in [0.25, 0.3) is 0 Å². The number of nitro groups is 1. The molecular formula is C13H17N3O5S. The van der Waals surface area contributed by atoms with E-state index in [4.69, 9.17) is 11.2 Å². The van der Waals surface area contributed by atoms with Crippen LogP contribution in [0.4, 0.5) is 11.4 Å². The Hall–Kier alpha value is -2.15. The molecule has 1 aromatic carbocycles. The molecule has 2 N–H and O–H groups in total. The van der Waals surface area contributed by atoms with Crippen molar-refractivity contribution >= 4 is 21.4 Å². The lowest BCUT2D eigenvalue weighted by molar-refractivity contribution is -0.384. The standard InChI is InChI=1S/C13H17N3O5S/c1-4-7-14-12-6-5-11(8-13(12)16(17)18)22(19,20)15-10(2)9-21-3/h1,5-6,8,10,14-15H,7,9H2,2-3H3/t10-/m0/s1. The summed E-state index contributed by atoms with van der Waals surface area (Å²) in [5.74, 6) is 2.29. The number of sulfonamides is 1. The van der Waals surface area contributed by atoms with Crippen molar-refractivity contribution in [1.82, 2.24) is 4.72 Å². The van der Waals surface area contributed by atoms with Crippen LogP contribution in [0.2, 0.25) is 0 Å². The number of terminal acetylenes is 1. The van der Waals surface area contributed by atoms with Crippen molar-refractivity contribution in [3.8, 4) is 12.3 Å². The van der Waals surface area contributed by atoms with Gasteiger partial charge in [-0.3, -0.25) is 10.1 Å². The van der Waals surface area contributed by atoms with Crippen LogP contribution in [-0.4, -0.2) is 39.6 Å². The van der Waals surface area contributed by atoms with Gasteiger partial charge >= 0.3 is 0 Å². The average molecular weight is 327 g/mol. The van der Waals surface area contributed by atoms with E-state index < -0.39 is 21.0 Å². The van der Waals surface area contributed by atoms with Crippen LogP contribution < -0.4 is 10.0 Å². The van der Waals surface area contributed by atoms with Gasteiger partial charge < -0.3 is 10.1 Å². The minimum absolute atomic E-state index is 0.0933. The van der Waals surface area contributed by atoms with Crippen molar-refractivity contribution in [2.24, 2.45) is 0 Å². The van der Waals surface area contributed by atoms with E-state index in [0.717, 1.165) is 6.07 Å². The second-order valence-corrected chi connectivity index (χ2v) is 6.19. The average Bonchev–Trinajstić information content (AvgIpc) is 2.44. The Bertz CT molecular complexity index is 681. The first kappa shape index (κ1) is 17.9. The number of rotatable bonds is 8. The Morgan fingerprint density at radius 2 is 2.18 bits per heavy atom. The van der Waals surface area contributed by atoms with Crippen molar-refractivity contribution < 1.29 is 18.1 Å². The van der Waals surface area contributed by atoms with Gasteiger partial charge in [0.05, 0.1) is 23.0 Å². The molecule has 0 fully saturated rings. The summed E-state index contributed by atoms with van der Waals surface area (Å²) in [7, 11) is -2.43. The van der Waals surface area contributed by atoms with E-state index in [9.17, 15) is 18.5 Å². The van der Waals surface area contributed by atoms with Gasteiger partial charge in [-0.1, -0.05) is 5.92 Å². The van der Waals surface area contributed by atoms with Crippen LogP contribution in [0, 0.1) is 22.5 Å². The van der Waals surface area contributed by atoms with Crippen molar-refractivity contribution in [3.05, 3.63) is 28.3 Å². The molecule has 0 bridgehead atoms. The van der Waals surface area contributed by atoms with Crippen LogP contribution in [0.3, 0.4) is 0 Å². The molecule has 1 aromatic rings. The van der Waals surface area contributed by atoms with E-state index in [0.29, 0.717) is 0 Å². The maximum atomic E-state index is 12.2. The molecule has 1 atom stereocenters. The van der Waals surface area contributed by atoms with Gasteiger partial charge in [0.15, 0.2) is 0 Å². The summed E-state index contributed by atoms with van der Waals surface area (Å²) < 4.78 is 31.6. The molecule has 0 aromatic heterocycles. The van der Waals surface area contributed by atoms with E-state index >= 15 is 0 Å². The first-order valence-corrected chi connectivity index (χ1v) is 7.77. The molecule has 8 nitrogen and oxygen atoms in total. The number of nitrogens with one attached hydrogen (secondary N) is 2. The number of methoxy groups -OCH3 is 1. The van der Waals surface area contributed by atoms with Crippen molar-refractivity contribution in [2.45, 2.75) is 17.9 Å². The largest absolute Gasteiger partial charge is 0.383 e. The van der Waals surface area contributed by atoms with Crippen LogP contribution >= 0.6 is 0 Å². The van der Waals surface area contributed by atoms with Gasteiger partial charge in [-0.15, -0.1) is 6.42 Å². The van der Waals surface area contributed by atoms with Crippen LogP contribution in [0.1, 0.15) is 6.92 Å². The third-order valence-electron chi connectivity index (χ3n) is 2.63. The lowest BCUT2D eigenvalue weighted by Crippen LogP contribution is -2.35. The Morgan fingerprint density at radius 1 is 1.50 bits per heavy atom. The minimum Gasteiger partial charge on any atom is -0.383 e. The third kappa shape index (κ3) is 4.70. The van der Waals surface area contributed by atoms with Crippen LogP contribution in [0.5, 0.6) is 0 Å². The van der Waals surface area contributed by atoms with E-state index in [1.165, 1.54) is 19.2 Å². The molecule has 0 aliphatic carbocycles. The molecule has 0 unspecified atom stereocenters. The number of hydrogen-bond acceptors (Lipinski definition) is 6. The molecule has 120 valence electrons. The molecule has 0 saturated heterocycles. The fourth-order valence-corrected chi connectivity index (χ4v) is 2.99. The van der Waals surface area contributed by atoms with Crippen LogP contribution in [-0.2, 0) is 14.8 Å². The Labute approximate surface area is 129 Å². The second-order valence-electron chi connectivity index (χ2n) is 4.47. The molecule has 1 rings (SSSR count). The predicted octanol–water partition coefficient (Wildman–Crippen LogP) is 0.953. The van der Waals surface area contributed by atoms with Gasteiger partial charge in [0.25, 0.3) is 5.69 Å². The fraction of sp³-hybridized carbons (Fsp3) is 0.385. The van der Waals surface area contributed by atoms with Gasteiger partial charge in [0.2, 0.25) is 10.0 Å². The predicted molar refractivity (Wildman–Crippen MR) is 82.1 cm³/mol. The summed E-state index contributed by atoms with van der Waals surface area (Å²) in [4.78, 5) is 10.2. The highest BCUT2D eigenvalue weighted by Crippen LogP contribution is 2.27. The maximum Gasteiger partial charge on any atom is 0.293 e. The van der Waals surface area contributed by atoms with Crippen LogP contribution in [0.15, 0.2) is 23.1 Å². The molecule has 0 radical (unpaired) electrons. The monoisotopic (exact) mass is 327 g/mol. The summed E-state index contributed by atoms with van der Waals surface area (Å²) in [6.07, 6.45) is 5.08. The zero-order valence-corrected chi connectivity index (χ0v) is 13.0. The van der Waals surface area contributed by atoms with Gasteiger partial charge in [0.1, 0.15) is 5.69 Å². The smallest absolute Gasteiger partial charge is 0.293 e. The fourth-order valence-electron chi connectivity index (χ4n) is 1.74. The number of nitrogens with zero attached hydrogens (tertiary/aromatic N) is 1. The zero-order chi connectivity index (χ0) is 16.8. The molecule has 0 aliphatic heterocycles. The summed E-state index contributed by atoms with van der Waals surface area (Å²) in [5, 5.41) is 13.7. The highest BCUT2D eigenvalue weighted by atomic mass is 32.2. The quantitative estimate of drug-likeness (QED) is 0.418. The van der Waals surface area contributed by atoms with Crippen molar-refractivity contribution in [3.63, 3.8) is 0 Å². The van der Waals surface area contributed by atoms with E-state index in [1.54, 1.807) is 6.92 Å². The topological polar surface area (TPSA) is 111 Å². The molecule has 0 spiro atoms. The molecule has 22 heavy (non-hydrogen) atoms. The van der Waals surface area contributed by atoms with Gasteiger partial charge in [-0.05, 0) is 19.1 Å². The molecule has 0 heterocycles.